The molecule has 7 nitrogen and oxygen atoms in total. The Morgan fingerprint density at radius 3 is 1.55 bits per heavy atom. The van der Waals surface area contributed by atoms with E-state index in [1.54, 1.807) is 0 Å². The average molecular weight is 885 g/mol. The number of aromatic carboxylic acids is 1. The number of nitrogens with one attached hydrogen (secondary N) is 2. The molecule has 3 aliphatic heterocycles. The van der Waals surface area contributed by atoms with Crippen molar-refractivity contribution in [2.45, 2.75) is 169 Å². The summed E-state index contributed by atoms with van der Waals surface area (Å²) < 4.78 is 7.21. The van der Waals surface area contributed by atoms with Crippen molar-refractivity contribution < 1.29 is 14.6 Å². The molecule has 0 aliphatic carbocycles. The highest BCUT2D eigenvalue weighted by atomic mass is 16.5. The third-order valence-electron chi connectivity index (χ3n) is 14.1. The van der Waals surface area contributed by atoms with Crippen LogP contribution in [0.3, 0.4) is 0 Å². The Kier molecular flexibility index (Phi) is 13.1. The second-order valence-corrected chi connectivity index (χ2v) is 21.5. The number of H-pyrrole nitrogens is 2. The van der Waals surface area contributed by atoms with Crippen molar-refractivity contribution in [3.8, 4) is 22.6 Å². The van der Waals surface area contributed by atoms with Crippen LogP contribution in [-0.4, -0.2) is 31.0 Å². The van der Waals surface area contributed by atoms with Crippen LogP contribution in [0.5, 0.6) is 11.5 Å². The molecule has 2 aromatic carbocycles. The molecular formula is C59H72N4O3. The normalized spacial score (nSPS) is 14.0. The summed E-state index contributed by atoms with van der Waals surface area (Å²) in [5.74, 6) is 0.0819. The van der Waals surface area contributed by atoms with Crippen LogP contribution in [-0.2, 0) is 35.5 Å². The molecule has 0 fully saturated rings. The summed E-state index contributed by atoms with van der Waals surface area (Å²) in [5, 5.41) is 10.9. The van der Waals surface area contributed by atoms with Crippen molar-refractivity contribution in [2.75, 3.05) is 0 Å². The Hall–Kier alpha value is -5.69. The van der Waals surface area contributed by atoms with Crippen LogP contribution in [0.1, 0.15) is 206 Å². The predicted molar refractivity (Wildman–Crippen MR) is 277 cm³/mol. The maximum absolute atomic E-state index is 13.3. The van der Waals surface area contributed by atoms with Crippen LogP contribution in [0.4, 0.5) is 0 Å². The number of rotatable bonds is 14. The van der Waals surface area contributed by atoms with Gasteiger partial charge in [0.15, 0.2) is 0 Å². The van der Waals surface area contributed by atoms with Crippen molar-refractivity contribution in [3.63, 3.8) is 0 Å². The second-order valence-electron chi connectivity index (χ2n) is 21.5. The van der Waals surface area contributed by atoms with Crippen molar-refractivity contribution >= 4 is 52.3 Å². The van der Waals surface area contributed by atoms with Crippen molar-refractivity contribution in [1.29, 1.82) is 0 Å². The van der Waals surface area contributed by atoms with E-state index in [9.17, 15) is 9.90 Å². The van der Waals surface area contributed by atoms with Crippen LogP contribution in [0.15, 0.2) is 48.5 Å². The van der Waals surface area contributed by atoms with Crippen LogP contribution >= 0.6 is 0 Å². The number of aryl methyl sites for hydroxylation is 3. The third kappa shape index (κ3) is 8.95. The number of hydrogen-bond acceptors (Lipinski definition) is 4. The van der Waals surface area contributed by atoms with Crippen LogP contribution in [0.25, 0.3) is 57.5 Å². The van der Waals surface area contributed by atoms with E-state index in [1.165, 1.54) is 23.1 Å². The zero-order valence-electron chi connectivity index (χ0n) is 41.6. The van der Waals surface area contributed by atoms with Crippen molar-refractivity contribution in [3.05, 3.63) is 116 Å². The molecule has 5 aromatic rings. The van der Waals surface area contributed by atoms with Gasteiger partial charge in [-0.2, -0.15) is 0 Å². The quantitative estimate of drug-likeness (QED) is 0.0944. The van der Waals surface area contributed by atoms with Gasteiger partial charge < -0.3 is 19.8 Å². The van der Waals surface area contributed by atoms with E-state index in [1.807, 2.05) is 6.07 Å². The summed E-state index contributed by atoms with van der Waals surface area (Å²) in [4.78, 5) is 32.2. The topological polar surface area (TPSA) is 104 Å². The zero-order chi connectivity index (χ0) is 47.1. The van der Waals surface area contributed by atoms with Gasteiger partial charge in [-0.3, -0.25) is 0 Å². The van der Waals surface area contributed by atoms with Crippen LogP contribution < -0.4 is 4.74 Å². The highest BCUT2D eigenvalue weighted by molar-refractivity contribution is 5.97. The Balaban J connectivity index is 1.50. The van der Waals surface area contributed by atoms with Crippen LogP contribution in [0.2, 0.25) is 0 Å². The lowest BCUT2D eigenvalue weighted by Gasteiger charge is -2.41. The Morgan fingerprint density at radius 1 is 0.606 bits per heavy atom. The van der Waals surface area contributed by atoms with Gasteiger partial charge in [0.05, 0.1) is 22.8 Å². The van der Waals surface area contributed by atoms with E-state index in [0.29, 0.717) is 11.5 Å². The summed E-state index contributed by atoms with van der Waals surface area (Å²) in [5.41, 5.74) is 16.6. The smallest absolute Gasteiger partial charge is 0.339 e. The lowest BCUT2D eigenvalue weighted by molar-refractivity contribution is 0.0693. The maximum Gasteiger partial charge on any atom is 0.339 e. The number of fused-ring (bicyclic) bond motifs is 10. The number of aromatic amines is 2. The number of benzene rings is 2. The lowest BCUT2D eigenvalue weighted by Crippen LogP contribution is -2.31. The van der Waals surface area contributed by atoms with E-state index < -0.39 is 11.4 Å². The van der Waals surface area contributed by atoms with Gasteiger partial charge in [0.25, 0.3) is 0 Å². The lowest BCUT2D eigenvalue weighted by atomic mass is 9.67. The Bertz CT molecular complexity index is 2900. The zero-order valence-corrected chi connectivity index (χ0v) is 41.6. The fraction of sp³-hybridized carbons (Fsp3) is 0.441. The van der Waals surface area contributed by atoms with Gasteiger partial charge in [0.2, 0.25) is 0 Å². The summed E-state index contributed by atoms with van der Waals surface area (Å²) in [6.07, 6.45) is 21.6. The van der Waals surface area contributed by atoms with Gasteiger partial charge in [-0.05, 0) is 115 Å². The molecule has 0 unspecified atom stereocenters. The van der Waals surface area contributed by atoms with E-state index in [2.05, 4.69) is 153 Å². The first kappa shape index (κ1) is 46.8. The first-order valence-electron chi connectivity index (χ1n) is 24.9. The number of carboxylic acid groups (broad SMARTS) is 1. The molecule has 7 heteroatoms. The van der Waals surface area contributed by atoms with Crippen LogP contribution in [0, 0.1) is 0 Å². The van der Waals surface area contributed by atoms with Gasteiger partial charge >= 0.3 is 5.97 Å². The van der Waals surface area contributed by atoms with E-state index in [-0.39, 0.29) is 16.4 Å². The molecule has 6 heterocycles. The molecule has 346 valence electrons. The molecule has 0 saturated heterocycles. The van der Waals surface area contributed by atoms with E-state index >= 15 is 0 Å². The molecule has 3 aromatic heterocycles. The SMILES string of the molecule is CCCCCc1c2nc(c(CCCCC)c3ccc([nH]3)c(-c3ccc(C(C)(C)C)c4c3Oc3c(C(=O)O)cc(C(C)(C)C)cc3C4(C)C)c3nc(c(CCCCC)c4ccc1[nH]4)C=C3)C=C2. The van der Waals surface area contributed by atoms with E-state index in [4.69, 9.17) is 14.7 Å². The third-order valence-corrected chi connectivity index (χ3v) is 14.1. The molecule has 0 saturated carbocycles. The van der Waals surface area contributed by atoms with Gasteiger partial charge in [0, 0.05) is 66.4 Å². The van der Waals surface area contributed by atoms with E-state index in [0.717, 1.165) is 149 Å². The number of hydrogen-bond donors (Lipinski definition) is 3. The summed E-state index contributed by atoms with van der Waals surface area (Å²) >= 11 is 0. The number of carboxylic acids is 1. The standard InChI is InChI=1S/C59H72N4O3/c1-12-15-18-21-37-44-26-28-46(60-44)38(22-19-16-13-2)48-30-32-50(62-48)52(51-33-31-49(63-51)39(23-20-17-14-3)47-29-27-45(37)61-47)40-24-25-42(58(7,8)9)53-55(40)66-54-41(56(64)65)34-36(57(4,5)6)35-43(54)59(53,10)11/h24-35,60,63H,12-23H2,1-11H3,(H,64,65). The molecule has 0 radical (unpaired) electrons. The highest BCUT2D eigenvalue weighted by Gasteiger charge is 2.43. The molecule has 66 heavy (non-hydrogen) atoms. The molecule has 3 aliphatic rings. The largest absolute Gasteiger partial charge is 0.478 e. The minimum Gasteiger partial charge on any atom is -0.478 e. The van der Waals surface area contributed by atoms with Gasteiger partial charge in [-0.1, -0.05) is 133 Å². The number of carbonyl (C=O) groups is 1. The molecule has 0 amide bonds. The molecular weight excluding hydrogens is 813 g/mol. The monoisotopic (exact) mass is 885 g/mol. The summed E-state index contributed by atoms with van der Waals surface area (Å²) in [7, 11) is 0. The number of ether oxygens (including phenoxy) is 1. The second kappa shape index (κ2) is 18.5. The number of unbranched alkanes of at least 4 members (excludes halogenated alkanes) is 6. The average Bonchev–Trinajstić information content (AvgIpc) is 4.11. The molecule has 8 bridgehead atoms. The fourth-order valence-corrected chi connectivity index (χ4v) is 10.3. The first-order valence-corrected chi connectivity index (χ1v) is 24.9. The Morgan fingerprint density at radius 2 is 1.08 bits per heavy atom. The minimum atomic E-state index is -1.00. The molecule has 3 N–H and O–H groups in total. The molecule has 0 atom stereocenters. The summed E-state index contributed by atoms with van der Waals surface area (Å²) in [6.45, 7) is 24.4. The van der Waals surface area contributed by atoms with Crippen molar-refractivity contribution in [2.24, 2.45) is 0 Å². The first-order chi connectivity index (χ1) is 31.5. The molecule has 0 spiro atoms. The summed E-state index contributed by atoms with van der Waals surface area (Å²) in [6, 6.07) is 17.3. The Labute approximate surface area is 393 Å². The number of aromatic nitrogens is 4. The highest BCUT2D eigenvalue weighted by Crippen LogP contribution is 2.56. The van der Waals surface area contributed by atoms with Crippen molar-refractivity contribution in [1.82, 2.24) is 19.9 Å². The van der Waals surface area contributed by atoms with Gasteiger partial charge in [0.1, 0.15) is 17.1 Å². The molecule has 8 rings (SSSR count). The minimum absolute atomic E-state index is 0.178. The van der Waals surface area contributed by atoms with Gasteiger partial charge in [-0.25, -0.2) is 14.8 Å². The maximum atomic E-state index is 13.3. The van der Waals surface area contributed by atoms with Gasteiger partial charge in [-0.15, -0.1) is 0 Å². The number of nitrogens with zero attached hydrogens (tertiary/aromatic N) is 2. The predicted octanol–water partition coefficient (Wildman–Crippen LogP) is 16.2. The fourth-order valence-electron chi connectivity index (χ4n) is 10.3.